The Balaban J connectivity index is 2.34. The van der Waals surface area contributed by atoms with Gasteiger partial charge in [-0.2, -0.15) is 13.2 Å². The number of alkyl halides is 3. The third-order valence-electron chi connectivity index (χ3n) is 2.16. The normalized spacial score (nSPS) is 11.2. The van der Waals surface area contributed by atoms with E-state index in [0.29, 0.717) is 5.82 Å². The summed E-state index contributed by atoms with van der Waals surface area (Å²) in [5, 5.41) is 2.65. The highest BCUT2D eigenvalue weighted by atomic mass is 19.4. The zero-order valence-electron chi connectivity index (χ0n) is 8.70. The molecule has 2 rings (SSSR count). The van der Waals surface area contributed by atoms with Gasteiger partial charge in [-0.1, -0.05) is 18.2 Å². The standard InChI is InChI=1S/C12H9F3N2/c13-12(14,15)9-5-1-2-6-10(9)17-11-7-3-4-8-16-11/h1-8H,(H,16,17). The Morgan fingerprint density at radius 3 is 2.29 bits per heavy atom. The molecule has 0 aliphatic rings. The van der Waals surface area contributed by atoms with Gasteiger partial charge in [0, 0.05) is 6.20 Å². The van der Waals surface area contributed by atoms with Crippen LogP contribution in [0.2, 0.25) is 0 Å². The molecule has 0 saturated carbocycles. The molecule has 2 nitrogen and oxygen atoms in total. The molecule has 0 spiro atoms. The van der Waals surface area contributed by atoms with E-state index >= 15 is 0 Å². The van der Waals surface area contributed by atoms with Crippen molar-refractivity contribution in [1.82, 2.24) is 4.98 Å². The lowest BCUT2D eigenvalue weighted by atomic mass is 10.1. The van der Waals surface area contributed by atoms with Gasteiger partial charge >= 0.3 is 6.18 Å². The fourth-order valence-corrected chi connectivity index (χ4v) is 1.41. The maximum absolute atomic E-state index is 12.7. The van der Waals surface area contributed by atoms with Crippen LogP contribution >= 0.6 is 0 Å². The quantitative estimate of drug-likeness (QED) is 0.859. The fraction of sp³-hybridized carbons (Fsp3) is 0.0833. The third kappa shape index (κ3) is 2.75. The molecule has 0 aliphatic heterocycles. The molecule has 2 aromatic rings. The van der Waals surface area contributed by atoms with Crippen LogP contribution in [0.5, 0.6) is 0 Å². The highest BCUT2D eigenvalue weighted by molar-refractivity contribution is 5.61. The van der Waals surface area contributed by atoms with Crippen LogP contribution in [0.15, 0.2) is 48.7 Å². The van der Waals surface area contributed by atoms with Gasteiger partial charge < -0.3 is 5.32 Å². The van der Waals surface area contributed by atoms with Gasteiger partial charge in [0.05, 0.1) is 11.3 Å². The molecule has 5 heteroatoms. The molecule has 1 N–H and O–H groups in total. The first-order valence-electron chi connectivity index (χ1n) is 4.91. The van der Waals surface area contributed by atoms with Gasteiger partial charge in [0.15, 0.2) is 0 Å². The summed E-state index contributed by atoms with van der Waals surface area (Å²) in [6.45, 7) is 0. The van der Waals surface area contributed by atoms with Crippen molar-refractivity contribution in [3.8, 4) is 0 Å². The molecule has 0 bridgehead atoms. The molecule has 0 unspecified atom stereocenters. The lowest BCUT2D eigenvalue weighted by molar-refractivity contribution is -0.136. The van der Waals surface area contributed by atoms with Crippen molar-refractivity contribution >= 4 is 11.5 Å². The van der Waals surface area contributed by atoms with E-state index in [9.17, 15) is 13.2 Å². The van der Waals surface area contributed by atoms with Crippen molar-refractivity contribution in [2.75, 3.05) is 5.32 Å². The van der Waals surface area contributed by atoms with E-state index in [4.69, 9.17) is 0 Å². The van der Waals surface area contributed by atoms with Crippen LogP contribution in [-0.2, 0) is 6.18 Å². The summed E-state index contributed by atoms with van der Waals surface area (Å²) in [5.41, 5.74) is -0.704. The van der Waals surface area contributed by atoms with Crippen molar-refractivity contribution < 1.29 is 13.2 Å². The minimum atomic E-state index is -4.38. The minimum absolute atomic E-state index is 0.00120. The van der Waals surface area contributed by atoms with E-state index < -0.39 is 11.7 Å². The number of hydrogen-bond donors (Lipinski definition) is 1. The number of rotatable bonds is 2. The molecule has 0 atom stereocenters. The molecule has 0 amide bonds. The Bertz CT molecular complexity index is 495. The van der Waals surface area contributed by atoms with Crippen molar-refractivity contribution in [2.45, 2.75) is 6.18 Å². The first-order valence-corrected chi connectivity index (χ1v) is 4.91. The summed E-state index contributed by atoms with van der Waals surface area (Å²) in [4.78, 5) is 3.92. The summed E-state index contributed by atoms with van der Waals surface area (Å²) in [6.07, 6.45) is -2.86. The van der Waals surface area contributed by atoms with Crippen LogP contribution in [0.25, 0.3) is 0 Å². The first-order chi connectivity index (χ1) is 8.07. The molecule has 1 heterocycles. The van der Waals surface area contributed by atoms with E-state index in [2.05, 4.69) is 10.3 Å². The molecule has 0 radical (unpaired) electrons. The molecule has 88 valence electrons. The van der Waals surface area contributed by atoms with E-state index in [1.165, 1.54) is 18.3 Å². The molecule has 0 saturated heterocycles. The number of nitrogens with one attached hydrogen (secondary N) is 1. The van der Waals surface area contributed by atoms with Crippen LogP contribution < -0.4 is 5.32 Å². The number of halogens is 3. The Morgan fingerprint density at radius 1 is 0.941 bits per heavy atom. The first kappa shape index (κ1) is 11.4. The Labute approximate surface area is 96.1 Å². The Hall–Kier alpha value is -2.04. The molecule has 1 aromatic carbocycles. The Morgan fingerprint density at radius 2 is 1.65 bits per heavy atom. The van der Waals surface area contributed by atoms with Gasteiger partial charge in [-0.05, 0) is 24.3 Å². The second kappa shape index (κ2) is 4.45. The zero-order valence-corrected chi connectivity index (χ0v) is 8.70. The van der Waals surface area contributed by atoms with E-state index in [1.54, 1.807) is 24.3 Å². The predicted octanol–water partition coefficient (Wildman–Crippen LogP) is 3.84. The van der Waals surface area contributed by atoms with Crippen LogP contribution in [0, 0.1) is 0 Å². The number of benzene rings is 1. The van der Waals surface area contributed by atoms with Gasteiger partial charge in [0.2, 0.25) is 0 Å². The van der Waals surface area contributed by atoms with Crippen LogP contribution in [0.4, 0.5) is 24.7 Å². The van der Waals surface area contributed by atoms with Gasteiger partial charge in [0.25, 0.3) is 0 Å². The topological polar surface area (TPSA) is 24.9 Å². The third-order valence-corrected chi connectivity index (χ3v) is 2.16. The van der Waals surface area contributed by atoms with E-state index in [1.807, 2.05) is 0 Å². The van der Waals surface area contributed by atoms with E-state index in [-0.39, 0.29) is 5.69 Å². The molecule has 0 fully saturated rings. The summed E-state index contributed by atoms with van der Waals surface area (Å²) >= 11 is 0. The van der Waals surface area contributed by atoms with Crippen molar-refractivity contribution in [1.29, 1.82) is 0 Å². The molecular formula is C12H9F3N2. The summed E-state index contributed by atoms with van der Waals surface area (Å²) in [5.74, 6) is 0.379. The van der Waals surface area contributed by atoms with Gasteiger partial charge in [-0.25, -0.2) is 4.98 Å². The monoisotopic (exact) mass is 238 g/mol. The summed E-state index contributed by atoms with van der Waals surface area (Å²) in [6, 6.07) is 10.3. The second-order valence-corrected chi connectivity index (χ2v) is 3.38. The van der Waals surface area contributed by atoms with Crippen molar-refractivity contribution in [3.63, 3.8) is 0 Å². The van der Waals surface area contributed by atoms with Gasteiger partial charge in [-0.3, -0.25) is 0 Å². The Kier molecular flexibility index (Phi) is 2.99. The number of anilines is 2. The number of hydrogen-bond acceptors (Lipinski definition) is 2. The van der Waals surface area contributed by atoms with Crippen LogP contribution in [0.3, 0.4) is 0 Å². The second-order valence-electron chi connectivity index (χ2n) is 3.38. The van der Waals surface area contributed by atoms with E-state index in [0.717, 1.165) is 6.07 Å². The predicted molar refractivity (Wildman–Crippen MR) is 59.0 cm³/mol. The van der Waals surface area contributed by atoms with Crippen LogP contribution in [0.1, 0.15) is 5.56 Å². The van der Waals surface area contributed by atoms with Gasteiger partial charge in [-0.15, -0.1) is 0 Å². The molecular weight excluding hydrogens is 229 g/mol. The number of pyridine rings is 1. The summed E-state index contributed by atoms with van der Waals surface area (Å²) in [7, 11) is 0. The lowest BCUT2D eigenvalue weighted by Crippen LogP contribution is -2.08. The average Bonchev–Trinajstić information content (AvgIpc) is 2.30. The number of nitrogens with zero attached hydrogens (tertiary/aromatic N) is 1. The minimum Gasteiger partial charge on any atom is -0.340 e. The lowest BCUT2D eigenvalue weighted by Gasteiger charge is -2.13. The average molecular weight is 238 g/mol. The maximum atomic E-state index is 12.7. The molecule has 0 aliphatic carbocycles. The number of para-hydroxylation sites is 1. The smallest absolute Gasteiger partial charge is 0.340 e. The highest BCUT2D eigenvalue weighted by Gasteiger charge is 2.33. The van der Waals surface area contributed by atoms with Crippen molar-refractivity contribution in [2.24, 2.45) is 0 Å². The zero-order chi connectivity index (χ0) is 12.3. The summed E-state index contributed by atoms with van der Waals surface area (Å²) < 4.78 is 38.1. The molecule has 17 heavy (non-hydrogen) atoms. The maximum Gasteiger partial charge on any atom is 0.418 e. The SMILES string of the molecule is FC(F)(F)c1ccccc1Nc1ccccn1. The number of aromatic nitrogens is 1. The molecule has 1 aromatic heterocycles. The largest absolute Gasteiger partial charge is 0.418 e. The highest BCUT2D eigenvalue weighted by Crippen LogP contribution is 2.35. The van der Waals surface area contributed by atoms with Crippen molar-refractivity contribution in [3.05, 3.63) is 54.2 Å². The van der Waals surface area contributed by atoms with Gasteiger partial charge in [0.1, 0.15) is 5.82 Å². The van der Waals surface area contributed by atoms with Crippen LogP contribution in [-0.4, -0.2) is 4.98 Å². The fourth-order valence-electron chi connectivity index (χ4n) is 1.41.